The Morgan fingerprint density at radius 3 is 2.33 bits per heavy atom. The molecule has 8 nitrogen and oxygen atoms in total. The van der Waals surface area contributed by atoms with E-state index in [1.807, 2.05) is 13.8 Å². The molecule has 2 aromatic rings. The largest absolute Gasteiger partial charge is 0.480 e. The van der Waals surface area contributed by atoms with Crippen molar-refractivity contribution < 1.29 is 14.7 Å². The van der Waals surface area contributed by atoms with E-state index in [1.54, 1.807) is 38.1 Å². The molecular formula is C19H25N3O5. The highest BCUT2D eigenvalue weighted by molar-refractivity contribution is 5.86. The normalized spacial score (nSPS) is 13.7. The predicted octanol–water partition coefficient (Wildman–Crippen LogP) is 1.50. The summed E-state index contributed by atoms with van der Waals surface area (Å²) >= 11 is 0. The fourth-order valence-electron chi connectivity index (χ4n) is 3.10. The Hall–Kier alpha value is -2.90. The minimum Gasteiger partial charge on any atom is -0.480 e. The first-order valence-corrected chi connectivity index (χ1v) is 8.90. The van der Waals surface area contributed by atoms with Crippen LogP contribution in [0.1, 0.15) is 40.2 Å². The topological polar surface area (TPSA) is 121 Å². The van der Waals surface area contributed by atoms with Crippen LogP contribution < -0.4 is 16.6 Å². The zero-order chi connectivity index (χ0) is 20.3. The van der Waals surface area contributed by atoms with Gasteiger partial charge in [0.25, 0.3) is 5.56 Å². The van der Waals surface area contributed by atoms with Gasteiger partial charge in [-0.05, 0) is 30.4 Å². The van der Waals surface area contributed by atoms with Crippen molar-refractivity contribution in [1.29, 1.82) is 0 Å². The summed E-state index contributed by atoms with van der Waals surface area (Å²) in [6, 6.07) is 4.32. The number of fused-ring (bicyclic) bond motifs is 1. The van der Waals surface area contributed by atoms with Gasteiger partial charge >= 0.3 is 11.7 Å². The van der Waals surface area contributed by atoms with E-state index in [1.165, 1.54) is 0 Å². The first-order chi connectivity index (χ1) is 12.6. The maximum absolute atomic E-state index is 12.8. The number of nitrogens with one attached hydrogen (secondary N) is 2. The van der Waals surface area contributed by atoms with Gasteiger partial charge in [-0.2, -0.15) is 0 Å². The molecule has 0 aliphatic rings. The summed E-state index contributed by atoms with van der Waals surface area (Å²) in [7, 11) is 0. The van der Waals surface area contributed by atoms with Crippen molar-refractivity contribution in [2.75, 3.05) is 0 Å². The van der Waals surface area contributed by atoms with Gasteiger partial charge in [0.1, 0.15) is 12.1 Å². The minimum absolute atomic E-state index is 0.0516. The second-order valence-electron chi connectivity index (χ2n) is 7.37. The molecule has 2 rings (SSSR count). The van der Waals surface area contributed by atoms with Crippen molar-refractivity contribution in [2.45, 2.75) is 46.2 Å². The molecule has 27 heavy (non-hydrogen) atoms. The van der Waals surface area contributed by atoms with Crippen LogP contribution >= 0.6 is 0 Å². The highest BCUT2D eigenvalue weighted by Crippen LogP contribution is 2.17. The van der Waals surface area contributed by atoms with E-state index in [0.29, 0.717) is 5.52 Å². The third-order valence-corrected chi connectivity index (χ3v) is 4.34. The third kappa shape index (κ3) is 4.45. The van der Waals surface area contributed by atoms with Crippen molar-refractivity contribution in [2.24, 2.45) is 11.8 Å². The molecule has 0 bridgehead atoms. The zero-order valence-corrected chi connectivity index (χ0v) is 15.9. The molecular weight excluding hydrogens is 350 g/mol. The van der Waals surface area contributed by atoms with Crippen molar-refractivity contribution in [3.05, 3.63) is 45.1 Å². The maximum Gasteiger partial charge on any atom is 0.329 e. The smallest absolute Gasteiger partial charge is 0.329 e. The molecule has 0 saturated heterocycles. The number of carbonyl (C=O) groups is 2. The number of amides is 1. The Balaban J connectivity index is 2.50. The van der Waals surface area contributed by atoms with E-state index in [4.69, 9.17) is 0 Å². The highest BCUT2D eigenvalue weighted by Gasteiger charge is 2.31. The SMILES string of the molecule is CC(C)CC(NC(=O)C(C(C)C)n1c(=O)[nH]c2ccccc2c1=O)C(=O)O. The molecule has 2 unspecified atom stereocenters. The quantitative estimate of drug-likeness (QED) is 0.677. The van der Waals surface area contributed by atoms with Gasteiger partial charge in [-0.25, -0.2) is 14.2 Å². The number of carboxylic acids is 1. The van der Waals surface area contributed by atoms with E-state index in [0.717, 1.165) is 4.57 Å². The Morgan fingerprint density at radius 1 is 1.15 bits per heavy atom. The Labute approximate surface area is 156 Å². The molecule has 0 spiro atoms. The molecule has 146 valence electrons. The summed E-state index contributed by atoms with van der Waals surface area (Å²) in [4.78, 5) is 52.3. The lowest BCUT2D eigenvalue weighted by Gasteiger charge is -2.25. The number of aliphatic carboxylic acids is 1. The van der Waals surface area contributed by atoms with Crippen LogP contribution in [-0.2, 0) is 9.59 Å². The molecule has 1 aromatic carbocycles. The van der Waals surface area contributed by atoms with Gasteiger partial charge in [-0.3, -0.25) is 9.59 Å². The summed E-state index contributed by atoms with van der Waals surface area (Å²) in [6.07, 6.45) is 0.245. The van der Waals surface area contributed by atoms with Crippen LogP contribution in [0.2, 0.25) is 0 Å². The highest BCUT2D eigenvalue weighted by atomic mass is 16.4. The summed E-state index contributed by atoms with van der Waals surface area (Å²) < 4.78 is 0.872. The summed E-state index contributed by atoms with van der Waals surface area (Å²) in [5, 5.41) is 12.1. The van der Waals surface area contributed by atoms with Gasteiger partial charge < -0.3 is 15.4 Å². The number of hydrogen-bond donors (Lipinski definition) is 3. The third-order valence-electron chi connectivity index (χ3n) is 4.34. The number of rotatable bonds is 7. The number of nitrogens with zero attached hydrogens (tertiary/aromatic N) is 1. The first-order valence-electron chi connectivity index (χ1n) is 8.90. The molecule has 3 N–H and O–H groups in total. The summed E-state index contributed by atoms with van der Waals surface area (Å²) in [5.41, 5.74) is -0.905. The van der Waals surface area contributed by atoms with Gasteiger partial charge in [0, 0.05) is 0 Å². The van der Waals surface area contributed by atoms with Crippen LogP contribution in [-0.4, -0.2) is 32.6 Å². The van der Waals surface area contributed by atoms with Crippen molar-refractivity contribution >= 4 is 22.8 Å². The number of aromatic amines is 1. The zero-order valence-electron chi connectivity index (χ0n) is 15.9. The van der Waals surface area contributed by atoms with Crippen LogP contribution in [0.15, 0.2) is 33.9 Å². The minimum atomic E-state index is -1.15. The van der Waals surface area contributed by atoms with Crippen LogP contribution in [0.3, 0.4) is 0 Å². The standard InChI is InChI=1S/C19H25N3O5/c1-10(2)9-14(18(25)26)20-16(23)15(11(3)4)22-17(24)12-7-5-6-8-13(12)21-19(22)27/h5-8,10-11,14-15H,9H2,1-4H3,(H,20,23)(H,21,27)(H,25,26). The van der Waals surface area contributed by atoms with Crippen molar-refractivity contribution in [3.8, 4) is 0 Å². The van der Waals surface area contributed by atoms with Gasteiger partial charge in [-0.15, -0.1) is 0 Å². The van der Waals surface area contributed by atoms with Crippen LogP contribution in [0.25, 0.3) is 10.9 Å². The van der Waals surface area contributed by atoms with Crippen molar-refractivity contribution in [3.63, 3.8) is 0 Å². The summed E-state index contributed by atoms with van der Waals surface area (Å²) in [5.74, 6) is -2.17. The number of H-pyrrole nitrogens is 1. The number of carbonyl (C=O) groups excluding carboxylic acids is 1. The lowest BCUT2D eigenvalue weighted by Crippen LogP contribution is -2.50. The molecule has 0 aliphatic heterocycles. The number of para-hydroxylation sites is 1. The first kappa shape index (κ1) is 20.4. The van der Waals surface area contributed by atoms with Crippen LogP contribution in [0, 0.1) is 11.8 Å². The van der Waals surface area contributed by atoms with Gasteiger partial charge in [0.15, 0.2) is 0 Å². The molecule has 1 amide bonds. The Kier molecular flexibility index (Phi) is 6.20. The van der Waals surface area contributed by atoms with Gasteiger partial charge in [-0.1, -0.05) is 39.8 Å². The number of carboxylic acid groups (broad SMARTS) is 1. The van der Waals surface area contributed by atoms with E-state index in [9.17, 15) is 24.3 Å². The lowest BCUT2D eigenvalue weighted by atomic mass is 10.00. The molecule has 8 heteroatoms. The predicted molar refractivity (Wildman–Crippen MR) is 102 cm³/mol. The molecule has 1 heterocycles. The van der Waals surface area contributed by atoms with E-state index >= 15 is 0 Å². The fourth-order valence-corrected chi connectivity index (χ4v) is 3.10. The fraction of sp³-hybridized carbons (Fsp3) is 0.474. The number of hydrogen-bond acceptors (Lipinski definition) is 4. The average molecular weight is 375 g/mol. The Bertz CT molecular complexity index is 958. The van der Waals surface area contributed by atoms with Gasteiger partial charge in [0.05, 0.1) is 10.9 Å². The molecule has 1 aromatic heterocycles. The number of benzene rings is 1. The second kappa shape index (κ2) is 8.20. The van der Waals surface area contributed by atoms with Gasteiger partial charge in [0.2, 0.25) is 5.91 Å². The van der Waals surface area contributed by atoms with E-state index in [2.05, 4.69) is 10.3 Å². The van der Waals surface area contributed by atoms with Crippen LogP contribution in [0.5, 0.6) is 0 Å². The molecule has 0 radical (unpaired) electrons. The number of aromatic nitrogens is 2. The lowest BCUT2D eigenvalue weighted by molar-refractivity contribution is -0.143. The second-order valence-corrected chi connectivity index (χ2v) is 7.37. The molecule has 0 fully saturated rings. The van der Waals surface area contributed by atoms with E-state index < -0.39 is 41.1 Å². The average Bonchev–Trinajstić information content (AvgIpc) is 2.56. The summed E-state index contributed by atoms with van der Waals surface area (Å²) in [6.45, 7) is 7.09. The van der Waals surface area contributed by atoms with E-state index in [-0.39, 0.29) is 17.7 Å². The molecule has 2 atom stereocenters. The monoisotopic (exact) mass is 375 g/mol. The Morgan fingerprint density at radius 2 is 1.78 bits per heavy atom. The molecule has 0 aliphatic carbocycles. The maximum atomic E-state index is 12.8. The van der Waals surface area contributed by atoms with Crippen molar-refractivity contribution in [1.82, 2.24) is 14.9 Å². The van der Waals surface area contributed by atoms with Crippen LogP contribution in [0.4, 0.5) is 0 Å². The molecule has 0 saturated carbocycles.